The lowest BCUT2D eigenvalue weighted by Crippen LogP contribution is -2.41. The molecule has 0 N–H and O–H groups in total. The molecule has 0 radical (unpaired) electrons. The number of carbonyl (C=O) groups excluding carboxylic acids is 1. The van der Waals surface area contributed by atoms with E-state index in [0.29, 0.717) is 49.1 Å². The molecule has 2 aromatic rings. The molecule has 4 heterocycles. The van der Waals surface area contributed by atoms with Crippen molar-refractivity contribution in [1.82, 2.24) is 9.88 Å². The van der Waals surface area contributed by atoms with E-state index in [1.165, 1.54) is 0 Å². The summed E-state index contributed by atoms with van der Waals surface area (Å²) in [6.45, 7) is 3.54. The highest BCUT2D eigenvalue weighted by Gasteiger charge is 2.30. The van der Waals surface area contributed by atoms with E-state index in [4.69, 9.17) is 19.2 Å². The van der Waals surface area contributed by atoms with Crippen molar-refractivity contribution in [3.05, 3.63) is 23.8 Å². The number of nitriles is 1. The van der Waals surface area contributed by atoms with Crippen LogP contribution in [0.15, 0.2) is 18.2 Å². The number of ether oxygens (including phenoxy) is 3. The number of rotatable bonds is 2. The van der Waals surface area contributed by atoms with Crippen LogP contribution >= 0.6 is 0 Å². The molecule has 0 saturated carbocycles. The summed E-state index contributed by atoms with van der Waals surface area (Å²) in [6, 6.07) is 7.84. The topological polar surface area (TPSA) is 87.9 Å². The number of aromatic nitrogens is 1. The third kappa shape index (κ3) is 3.32. The van der Waals surface area contributed by atoms with Gasteiger partial charge in [0.2, 0.25) is 6.79 Å². The van der Waals surface area contributed by atoms with Gasteiger partial charge in [-0.1, -0.05) is 0 Å². The van der Waals surface area contributed by atoms with Gasteiger partial charge in [0.15, 0.2) is 11.5 Å². The second-order valence-corrected chi connectivity index (χ2v) is 7.54. The molecule has 29 heavy (non-hydrogen) atoms. The van der Waals surface area contributed by atoms with Crippen LogP contribution in [0.5, 0.6) is 11.5 Å². The lowest BCUT2D eigenvalue weighted by Gasteiger charge is -2.25. The van der Waals surface area contributed by atoms with Gasteiger partial charge < -0.3 is 24.0 Å². The first-order chi connectivity index (χ1) is 14.2. The van der Waals surface area contributed by atoms with Crippen LogP contribution in [0.25, 0.3) is 10.9 Å². The lowest BCUT2D eigenvalue weighted by molar-refractivity contribution is -0.140. The Morgan fingerprint density at radius 3 is 2.76 bits per heavy atom. The quantitative estimate of drug-likeness (QED) is 0.770. The third-order valence-electron chi connectivity index (χ3n) is 5.72. The van der Waals surface area contributed by atoms with Gasteiger partial charge in [-0.3, -0.25) is 4.79 Å². The Bertz CT molecular complexity index is 996. The summed E-state index contributed by atoms with van der Waals surface area (Å²) in [4.78, 5) is 21.5. The SMILES string of the molecule is N#Cc1cc2cc3c(cc2nc1N1CCCN(C(=O)[C@H]2CCCO2)CC1)OCO3. The third-order valence-corrected chi connectivity index (χ3v) is 5.72. The van der Waals surface area contributed by atoms with Crippen LogP contribution in [-0.2, 0) is 9.53 Å². The Balaban J connectivity index is 1.40. The van der Waals surface area contributed by atoms with Gasteiger partial charge in [0.25, 0.3) is 5.91 Å². The Morgan fingerprint density at radius 1 is 1.10 bits per heavy atom. The fourth-order valence-electron chi connectivity index (χ4n) is 4.20. The summed E-state index contributed by atoms with van der Waals surface area (Å²) in [5.74, 6) is 2.09. The van der Waals surface area contributed by atoms with E-state index in [9.17, 15) is 10.1 Å². The van der Waals surface area contributed by atoms with Gasteiger partial charge in [-0.05, 0) is 31.4 Å². The Kier molecular flexibility index (Phi) is 4.60. The van der Waals surface area contributed by atoms with E-state index < -0.39 is 0 Å². The van der Waals surface area contributed by atoms with Crippen molar-refractivity contribution >= 4 is 22.6 Å². The van der Waals surface area contributed by atoms with E-state index >= 15 is 0 Å². The molecule has 8 heteroatoms. The van der Waals surface area contributed by atoms with Crippen LogP contribution < -0.4 is 14.4 Å². The number of pyridine rings is 1. The summed E-state index contributed by atoms with van der Waals surface area (Å²) in [5.41, 5.74) is 1.29. The minimum absolute atomic E-state index is 0.0871. The zero-order valence-corrected chi connectivity index (χ0v) is 16.1. The highest BCUT2D eigenvalue weighted by molar-refractivity contribution is 5.86. The lowest BCUT2D eigenvalue weighted by atomic mass is 10.1. The second kappa shape index (κ2) is 7.41. The van der Waals surface area contributed by atoms with Gasteiger partial charge in [0, 0.05) is 44.2 Å². The van der Waals surface area contributed by atoms with Crippen LogP contribution in [-0.4, -0.2) is 61.5 Å². The van der Waals surface area contributed by atoms with E-state index in [1.807, 2.05) is 23.1 Å². The van der Waals surface area contributed by atoms with Crippen molar-refractivity contribution in [2.24, 2.45) is 0 Å². The molecule has 5 rings (SSSR count). The average Bonchev–Trinajstić information content (AvgIpc) is 3.37. The average molecular weight is 394 g/mol. The normalized spacial score (nSPS) is 21.3. The maximum atomic E-state index is 12.7. The molecule has 0 bridgehead atoms. The number of benzene rings is 1. The smallest absolute Gasteiger partial charge is 0.251 e. The Morgan fingerprint density at radius 2 is 1.97 bits per heavy atom. The first kappa shape index (κ1) is 18.0. The van der Waals surface area contributed by atoms with Gasteiger partial charge in [-0.25, -0.2) is 4.98 Å². The molecule has 1 amide bonds. The Hall–Kier alpha value is -3.05. The number of nitrogens with zero attached hydrogens (tertiary/aromatic N) is 4. The highest BCUT2D eigenvalue weighted by Crippen LogP contribution is 2.37. The zero-order valence-electron chi connectivity index (χ0n) is 16.1. The molecule has 3 aliphatic rings. The minimum atomic E-state index is -0.292. The van der Waals surface area contributed by atoms with Crippen LogP contribution in [0.4, 0.5) is 5.82 Å². The van der Waals surface area contributed by atoms with E-state index in [1.54, 1.807) is 0 Å². The van der Waals surface area contributed by atoms with Crippen molar-refractivity contribution in [3.63, 3.8) is 0 Å². The summed E-state index contributed by atoms with van der Waals surface area (Å²) < 4.78 is 16.4. The molecule has 8 nitrogen and oxygen atoms in total. The molecule has 2 fully saturated rings. The van der Waals surface area contributed by atoms with E-state index in [2.05, 4.69) is 11.0 Å². The standard InChI is InChI=1S/C21H22N4O4/c22-12-15-9-14-10-18-19(29-13-28-18)11-16(14)23-20(15)24-4-2-5-25(7-6-24)21(26)17-3-1-8-27-17/h9-11,17H,1-8,13H2/t17-/m1/s1. The first-order valence-electron chi connectivity index (χ1n) is 10.0. The summed E-state index contributed by atoms with van der Waals surface area (Å²) in [6.07, 6.45) is 2.28. The van der Waals surface area contributed by atoms with Gasteiger partial charge in [0.05, 0.1) is 11.1 Å². The summed E-state index contributed by atoms with van der Waals surface area (Å²) in [7, 11) is 0. The van der Waals surface area contributed by atoms with E-state index in [-0.39, 0.29) is 18.8 Å². The number of fused-ring (bicyclic) bond motifs is 2. The predicted molar refractivity (Wildman–Crippen MR) is 105 cm³/mol. The molecule has 1 atom stereocenters. The second-order valence-electron chi connectivity index (χ2n) is 7.54. The summed E-state index contributed by atoms with van der Waals surface area (Å²) in [5, 5.41) is 10.5. The number of hydrogen-bond donors (Lipinski definition) is 0. The predicted octanol–water partition coefficient (Wildman–Crippen LogP) is 2.05. The summed E-state index contributed by atoms with van der Waals surface area (Å²) >= 11 is 0. The molecule has 2 saturated heterocycles. The van der Waals surface area contributed by atoms with E-state index in [0.717, 1.165) is 36.7 Å². The van der Waals surface area contributed by atoms with Gasteiger partial charge in [0.1, 0.15) is 18.0 Å². The fourth-order valence-corrected chi connectivity index (χ4v) is 4.20. The minimum Gasteiger partial charge on any atom is -0.454 e. The largest absolute Gasteiger partial charge is 0.454 e. The Labute approximate surface area is 168 Å². The van der Waals surface area contributed by atoms with Gasteiger partial charge in [-0.2, -0.15) is 5.26 Å². The van der Waals surface area contributed by atoms with Crippen LogP contribution in [0.1, 0.15) is 24.8 Å². The monoisotopic (exact) mass is 394 g/mol. The van der Waals surface area contributed by atoms with Crippen LogP contribution in [0, 0.1) is 11.3 Å². The van der Waals surface area contributed by atoms with Crippen molar-refractivity contribution in [1.29, 1.82) is 5.26 Å². The zero-order chi connectivity index (χ0) is 19.8. The van der Waals surface area contributed by atoms with Crippen molar-refractivity contribution in [3.8, 4) is 17.6 Å². The van der Waals surface area contributed by atoms with Gasteiger partial charge in [-0.15, -0.1) is 0 Å². The van der Waals surface area contributed by atoms with Crippen LogP contribution in [0.2, 0.25) is 0 Å². The number of anilines is 1. The number of amides is 1. The van der Waals surface area contributed by atoms with Gasteiger partial charge >= 0.3 is 0 Å². The number of hydrogen-bond acceptors (Lipinski definition) is 7. The molecule has 3 aliphatic heterocycles. The highest BCUT2D eigenvalue weighted by atomic mass is 16.7. The number of carbonyl (C=O) groups is 1. The molecule has 150 valence electrons. The molecule has 1 aromatic carbocycles. The molecule has 0 unspecified atom stereocenters. The fraction of sp³-hybridized carbons (Fsp3) is 0.476. The molecule has 0 spiro atoms. The van der Waals surface area contributed by atoms with Crippen molar-refractivity contribution in [2.75, 3.05) is 44.5 Å². The van der Waals surface area contributed by atoms with Crippen molar-refractivity contribution < 1.29 is 19.0 Å². The maximum Gasteiger partial charge on any atom is 0.251 e. The van der Waals surface area contributed by atoms with Crippen LogP contribution in [0.3, 0.4) is 0 Å². The molecular formula is C21H22N4O4. The van der Waals surface area contributed by atoms with Crippen molar-refractivity contribution in [2.45, 2.75) is 25.4 Å². The molecule has 0 aliphatic carbocycles. The first-order valence-corrected chi connectivity index (χ1v) is 10.0. The molecular weight excluding hydrogens is 372 g/mol. The maximum absolute atomic E-state index is 12.7. The molecule has 1 aromatic heterocycles.